The maximum atomic E-state index is 10.2. The second-order valence-corrected chi connectivity index (χ2v) is 13.2. The van der Waals surface area contributed by atoms with Gasteiger partial charge in [0.1, 0.15) is 12.2 Å². The summed E-state index contributed by atoms with van der Waals surface area (Å²) in [6.45, 7) is 13.1. The van der Waals surface area contributed by atoms with Gasteiger partial charge in [-0.1, -0.05) is 78.7 Å². The summed E-state index contributed by atoms with van der Waals surface area (Å²) >= 11 is 0. The predicted molar refractivity (Wildman–Crippen MR) is 201 cm³/mol. The Morgan fingerprint density at radius 1 is 0.600 bits per heavy atom. The molecule has 0 saturated carbocycles. The highest BCUT2D eigenvalue weighted by molar-refractivity contribution is 5.20. The Morgan fingerprint density at radius 2 is 1.10 bits per heavy atom. The van der Waals surface area contributed by atoms with E-state index in [0.29, 0.717) is 38.3 Å². The lowest BCUT2D eigenvalue weighted by Crippen LogP contribution is -2.26. The summed E-state index contributed by atoms with van der Waals surface area (Å²) in [5, 5.41) is 20.3. The summed E-state index contributed by atoms with van der Waals surface area (Å²) in [7, 11) is 0. The fourth-order valence-electron chi connectivity index (χ4n) is 6.08. The fourth-order valence-corrected chi connectivity index (χ4v) is 6.08. The Morgan fingerprint density at radius 3 is 1.64 bits per heavy atom. The summed E-state index contributed by atoms with van der Waals surface area (Å²) in [6, 6.07) is 21.6. The SMILES string of the molecule is CCOC(C)OCC(O)COCCCCC(CC/C=C(\C)CCCC(CCOCC(O)COC(C)OCC)c1ccccc1)c1ccccc1. The van der Waals surface area contributed by atoms with Crippen molar-refractivity contribution >= 4 is 0 Å². The smallest absolute Gasteiger partial charge is 0.154 e. The van der Waals surface area contributed by atoms with Crippen LogP contribution in [0.2, 0.25) is 0 Å². The van der Waals surface area contributed by atoms with E-state index in [4.69, 9.17) is 28.4 Å². The highest BCUT2D eigenvalue weighted by Crippen LogP contribution is 2.29. The van der Waals surface area contributed by atoms with Crippen LogP contribution < -0.4 is 0 Å². The number of hydrogen-bond donors (Lipinski definition) is 2. The molecule has 8 nitrogen and oxygen atoms in total. The Hall–Kier alpha value is -2.14. The standard InChI is InChI=1S/C42H68O8/c1-6-47-35(4)49-32-41(43)30-45-28-15-14-24-39(37-20-10-8-11-21-37)25-16-18-34(3)19-17-26-40(38-22-12-9-13-23-38)27-29-46-31-42(44)33-50-36(5)48-7-2/h8-13,18,20-23,35-36,39-44H,6-7,14-17,19,24-33H2,1-5H3/b34-18+. The molecule has 0 aromatic heterocycles. The van der Waals surface area contributed by atoms with E-state index < -0.39 is 12.2 Å². The van der Waals surface area contributed by atoms with Crippen LogP contribution in [0, 0.1) is 0 Å². The Kier molecular flexibility index (Phi) is 25.0. The first-order valence-electron chi connectivity index (χ1n) is 19.1. The zero-order valence-electron chi connectivity index (χ0n) is 31.7. The molecule has 0 aliphatic rings. The van der Waals surface area contributed by atoms with Crippen molar-refractivity contribution < 1.29 is 38.6 Å². The molecule has 2 aromatic rings. The van der Waals surface area contributed by atoms with Crippen LogP contribution in [0.25, 0.3) is 0 Å². The highest BCUT2D eigenvalue weighted by atomic mass is 16.7. The van der Waals surface area contributed by atoms with Gasteiger partial charge in [-0.2, -0.15) is 0 Å². The van der Waals surface area contributed by atoms with E-state index in [1.807, 2.05) is 27.7 Å². The van der Waals surface area contributed by atoms with E-state index in [9.17, 15) is 10.2 Å². The van der Waals surface area contributed by atoms with Crippen LogP contribution in [0.1, 0.15) is 115 Å². The first-order valence-corrected chi connectivity index (χ1v) is 19.1. The molecule has 0 saturated heterocycles. The van der Waals surface area contributed by atoms with Crippen LogP contribution in [0.4, 0.5) is 0 Å². The van der Waals surface area contributed by atoms with Crippen molar-refractivity contribution in [3.8, 4) is 0 Å². The van der Waals surface area contributed by atoms with E-state index in [-0.39, 0.29) is 39.0 Å². The highest BCUT2D eigenvalue weighted by Gasteiger charge is 2.14. The monoisotopic (exact) mass is 700 g/mol. The molecule has 0 radical (unpaired) electrons. The van der Waals surface area contributed by atoms with Crippen molar-refractivity contribution in [3.63, 3.8) is 0 Å². The summed E-state index contributed by atoms with van der Waals surface area (Å²) in [5.74, 6) is 0.933. The van der Waals surface area contributed by atoms with Crippen molar-refractivity contribution in [1.82, 2.24) is 0 Å². The zero-order valence-corrected chi connectivity index (χ0v) is 31.7. The predicted octanol–water partition coefficient (Wildman–Crippen LogP) is 8.56. The molecule has 0 heterocycles. The summed E-state index contributed by atoms with van der Waals surface area (Å²) in [4.78, 5) is 0. The van der Waals surface area contributed by atoms with Crippen molar-refractivity contribution in [2.75, 3.05) is 52.9 Å². The molecule has 0 spiro atoms. The molecule has 284 valence electrons. The lowest BCUT2D eigenvalue weighted by molar-refractivity contribution is -0.149. The molecule has 6 unspecified atom stereocenters. The average Bonchev–Trinajstić information content (AvgIpc) is 3.12. The maximum Gasteiger partial charge on any atom is 0.154 e. The summed E-state index contributed by atoms with van der Waals surface area (Å²) in [5.41, 5.74) is 4.21. The summed E-state index contributed by atoms with van der Waals surface area (Å²) < 4.78 is 33.2. The first kappa shape index (κ1) is 44.0. The normalized spacial score (nSPS) is 15.8. The lowest BCUT2D eigenvalue weighted by atomic mass is 9.88. The minimum atomic E-state index is -0.664. The molecular formula is C42H68O8. The van der Waals surface area contributed by atoms with Gasteiger partial charge in [0.25, 0.3) is 0 Å². The molecule has 0 aliphatic carbocycles. The summed E-state index contributed by atoms with van der Waals surface area (Å²) in [6.07, 6.45) is 10.1. The Bertz CT molecular complexity index is 1080. The van der Waals surface area contributed by atoms with Crippen molar-refractivity contribution in [1.29, 1.82) is 0 Å². The van der Waals surface area contributed by atoms with Crippen molar-refractivity contribution in [2.24, 2.45) is 0 Å². The number of allylic oxidation sites excluding steroid dienone is 2. The first-order chi connectivity index (χ1) is 24.3. The quantitative estimate of drug-likeness (QED) is 0.0459. The average molecular weight is 701 g/mol. The third-order valence-corrected chi connectivity index (χ3v) is 8.85. The van der Waals surface area contributed by atoms with Gasteiger partial charge in [-0.3, -0.25) is 0 Å². The Labute approximate surface area is 303 Å². The topological polar surface area (TPSA) is 95.8 Å². The van der Waals surface area contributed by atoms with Crippen LogP contribution in [0.15, 0.2) is 72.3 Å². The molecule has 6 atom stereocenters. The van der Waals surface area contributed by atoms with Crippen LogP contribution in [-0.4, -0.2) is 87.9 Å². The lowest BCUT2D eigenvalue weighted by Gasteiger charge is -2.19. The minimum absolute atomic E-state index is 0.202. The van der Waals surface area contributed by atoms with E-state index in [1.54, 1.807) is 0 Å². The number of benzene rings is 2. The van der Waals surface area contributed by atoms with E-state index in [1.165, 1.54) is 16.7 Å². The molecule has 2 N–H and O–H groups in total. The van der Waals surface area contributed by atoms with Crippen molar-refractivity contribution in [3.05, 3.63) is 83.4 Å². The number of unbranched alkanes of at least 4 members (excludes halogenated alkanes) is 1. The van der Waals surface area contributed by atoms with Crippen LogP contribution in [0.5, 0.6) is 0 Å². The van der Waals surface area contributed by atoms with Gasteiger partial charge < -0.3 is 38.6 Å². The largest absolute Gasteiger partial charge is 0.388 e. The van der Waals surface area contributed by atoms with Gasteiger partial charge in [0.05, 0.1) is 26.4 Å². The maximum absolute atomic E-state index is 10.2. The number of rotatable bonds is 31. The number of aliphatic hydroxyl groups is 2. The zero-order chi connectivity index (χ0) is 36.2. The molecule has 2 rings (SSSR count). The van der Waals surface area contributed by atoms with E-state index >= 15 is 0 Å². The van der Waals surface area contributed by atoms with Crippen LogP contribution in [0.3, 0.4) is 0 Å². The second-order valence-electron chi connectivity index (χ2n) is 13.2. The van der Waals surface area contributed by atoms with Gasteiger partial charge in [-0.05, 0) is 109 Å². The molecule has 0 aliphatic heterocycles. The molecule has 0 bridgehead atoms. The Balaban J connectivity index is 1.73. The third kappa shape index (κ3) is 21.3. The van der Waals surface area contributed by atoms with Gasteiger partial charge in [0, 0.05) is 26.4 Å². The molecule has 0 amide bonds. The van der Waals surface area contributed by atoms with Crippen LogP contribution >= 0.6 is 0 Å². The van der Waals surface area contributed by atoms with Crippen molar-refractivity contribution in [2.45, 2.75) is 129 Å². The fraction of sp³-hybridized carbons (Fsp3) is 0.667. The van der Waals surface area contributed by atoms with Gasteiger partial charge >= 0.3 is 0 Å². The molecule has 0 fully saturated rings. The molecular weight excluding hydrogens is 632 g/mol. The molecule has 50 heavy (non-hydrogen) atoms. The number of ether oxygens (including phenoxy) is 6. The van der Waals surface area contributed by atoms with Gasteiger partial charge in [0.2, 0.25) is 0 Å². The van der Waals surface area contributed by atoms with Gasteiger partial charge in [-0.15, -0.1) is 0 Å². The molecule has 2 aromatic carbocycles. The minimum Gasteiger partial charge on any atom is -0.388 e. The second kappa shape index (κ2) is 28.4. The number of aliphatic hydroxyl groups excluding tert-OH is 2. The van der Waals surface area contributed by atoms with Gasteiger partial charge in [0.15, 0.2) is 12.6 Å². The number of hydrogen-bond acceptors (Lipinski definition) is 8. The third-order valence-electron chi connectivity index (χ3n) is 8.85. The van der Waals surface area contributed by atoms with Gasteiger partial charge in [-0.25, -0.2) is 0 Å². The van der Waals surface area contributed by atoms with Crippen LogP contribution in [-0.2, 0) is 28.4 Å². The van der Waals surface area contributed by atoms with E-state index in [2.05, 4.69) is 73.7 Å². The van der Waals surface area contributed by atoms with E-state index in [0.717, 1.165) is 57.8 Å². The molecule has 8 heteroatoms.